The molecule has 1 aliphatic rings. The Hall–Kier alpha value is -1.35. The van der Waals surface area contributed by atoms with Gasteiger partial charge in [-0.2, -0.15) is 0 Å². The van der Waals surface area contributed by atoms with E-state index < -0.39 is 0 Å². The summed E-state index contributed by atoms with van der Waals surface area (Å²) >= 11 is 0. The van der Waals surface area contributed by atoms with Gasteiger partial charge < -0.3 is 10.6 Å². The van der Waals surface area contributed by atoms with E-state index in [1.54, 1.807) is 0 Å². The predicted octanol–water partition coefficient (Wildman–Crippen LogP) is 1.82. The summed E-state index contributed by atoms with van der Waals surface area (Å²) in [6, 6.07) is 8.38. The fraction of sp³-hybridized carbons (Fsp3) is 0.533. The van der Waals surface area contributed by atoms with Crippen LogP contribution < -0.4 is 10.6 Å². The van der Waals surface area contributed by atoms with Crippen LogP contribution in [0.4, 0.5) is 0 Å². The minimum absolute atomic E-state index is 0.195. The maximum atomic E-state index is 11.9. The van der Waals surface area contributed by atoms with Crippen molar-refractivity contribution in [3.8, 4) is 0 Å². The summed E-state index contributed by atoms with van der Waals surface area (Å²) in [5.74, 6) is 0.857. The first-order valence-corrected chi connectivity index (χ1v) is 6.72. The predicted molar refractivity (Wildman–Crippen MR) is 73.6 cm³/mol. The lowest BCUT2D eigenvalue weighted by atomic mass is 10.0. The van der Waals surface area contributed by atoms with E-state index >= 15 is 0 Å². The van der Waals surface area contributed by atoms with E-state index in [1.807, 2.05) is 13.1 Å². The van der Waals surface area contributed by atoms with E-state index in [-0.39, 0.29) is 11.8 Å². The Balaban J connectivity index is 1.80. The fourth-order valence-electron chi connectivity index (χ4n) is 2.44. The molecular formula is C15H22N2O. The van der Waals surface area contributed by atoms with Crippen molar-refractivity contribution in [2.45, 2.75) is 25.7 Å². The van der Waals surface area contributed by atoms with Crippen molar-refractivity contribution in [2.75, 3.05) is 20.1 Å². The molecule has 18 heavy (non-hydrogen) atoms. The molecule has 3 heteroatoms. The van der Waals surface area contributed by atoms with Crippen LogP contribution in [-0.4, -0.2) is 26.0 Å². The molecule has 3 nitrogen and oxygen atoms in total. The molecule has 0 saturated heterocycles. The van der Waals surface area contributed by atoms with E-state index in [0.29, 0.717) is 5.92 Å². The van der Waals surface area contributed by atoms with Crippen molar-refractivity contribution >= 4 is 5.91 Å². The van der Waals surface area contributed by atoms with E-state index in [1.165, 1.54) is 11.1 Å². The monoisotopic (exact) mass is 246 g/mol. The van der Waals surface area contributed by atoms with Crippen LogP contribution in [-0.2, 0) is 4.79 Å². The second-order valence-electron chi connectivity index (χ2n) is 5.05. The largest absolute Gasteiger partial charge is 0.356 e. The van der Waals surface area contributed by atoms with Crippen LogP contribution in [0.25, 0.3) is 0 Å². The lowest BCUT2D eigenvalue weighted by molar-refractivity contribution is -0.122. The van der Waals surface area contributed by atoms with Gasteiger partial charge in [0.05, 0.1) is 0 Å². The normalized spacial score (nSPS) is 21.7. The zero-order valence-corrected chi connectivity index (χ0v) is 11.2. The molecule has 0 heterocycles. The summed E-state index contributed by atoms with van der Waals surface area (Å²) < 4.78 is 0. The number of hydrogen-bond donors (Lipinski definition) is 2. The van der Waals surface area contributed by atoms with Gasteiger partial charge in [-0.05, 0) is 50.4 Å². The lowest BCUT2D eigenvalue weighted by Crippen LogP contribution is -2.28. The average Bonchev–Trinajstić information content (AvgIpc) is 3.15. The molecule has 2 N–H and O–H groups in total. The van der Waals surface area contributed by atoms with Gasteiger partial charge in [-0.3, -0.25) is 4.79 Å². The number of carbonyl (C=O) groups is 1. The Morgan fingerprint density at radius 2 is 2.11 bits per heavy atom. The third-order valence-electron chi connectivity index (χ3n) is 3.62. The average molecular weight is 246 g/mol. The molecule has 98 valence electrons. The molecule has 2 atom stereocenters. The van der Waals surface area contributed by atoms with Crippen LogP contribution in [0.5, 0.6) is 0 Å². The third-order valence-corrected chi connectivity index (χ3v) is 3.62. The van der Waals surface area contributed by atoms with Gasteiger partial charge in [0.2, 0.25) is 5.91 Å². The van der Waals surface area contributed by atoms with E-state index in [9.17, 15) is 4.79 Å². The van der Waals surface area contributed by atoms with Crippen LogP contribution in [0.15, 0.2) is 24.3 Å². The Morgan fingerprint density at radius 1 is 1.33 bits per heavy atom. The van der Waals surface area contributed by atoms with Gasteiger partial charge in [-0.15, -0.1) is 0 Å². The van der Waals surface area contributed by atoms with Gasteiger partial charge in [-0.1, -0.05) is 24.3 Å². The number of carbonyl (C=O) groups excluding carboxylic acids is 1. The molecule has 1 fully saturated rings. The van der Waals surface area contributed by atoms with Gasteiger partial charge in [0.25, 0.3) is 0 Å². The SMILES string of the molecule is CNCCCNC(=O)C1CC1c1ccccc1C. The van der Waals surface area contributed by atoms with Crippen LogP contribution in [0.2, 0.25) is 0 Å². The molecule has 1 aliphatic carbocycles. The molecule has 1 amide bonds. The minimum atomic E-state index is 0.195. The van der Waals surface area contributed by atoms with Gasteiger partial charge in [0.15, 0.2) is 0 Å². The van der Waals surface area contributed by atoms with Gasteiger partial charge in [-0.25, -0.2) is 0 Å². The highest BCUT2D eigenvalue weighted by Crippen LogP contribution is 2.48. The molecule has 0 aromatic heterocycles. The quantitative estimate of drug-likeness (QED) is 0.752. The zero-order chi connectivity index (χ0) is 13.0. The van der Waals surface area contributed by atoms with E-state index in [2.05, 4.69) is 35.8 Å². The van der Waals surface area contributed by atoms with Crippen LogP contribution in [0.3, 0.4) is 0 Å². The van der Waals surface area contributed by atoms with Crippen molar-refractivity contribution in [1.82, 2.24) is 10.6 Å². The van der Waals surface area contributed by atoms with Crippen LogP contribution >= 0.6 is 0 Å². The zero-order valence-electron chi connectivity index (χ0n) is 11.2. The topological polar surface area (TPSA) is 41.1 Å². The number of benzene rings is 1. The number of amides is 1. The first-order valence-electron chi connectivity index (χ1n) is 6.72. The van der Waals surface area contributed by atoms with Crippen LogP contribution in [0.1, 0.15) is 29.9 Å². The molecule has 1 saturated carbocycles. The highest BCUT2D eigenvalue weighted by molar-refractivity contribution is 5.82. The molecule has 0 aliphatic heterocycles. The van der Waals surface area contributed by atoms with Crippen molar-refractivity contribution in [2.24, 2.45) is 5.92 Å². The van der Waals surface area contributed by atoms with Gasteiger partial charge >= 0.3 is 0 Å². The van der Waals surface area contributed by atoms with Gasteiger partial charge in [0, 0.05) is 12.5 Å². The summed E-state index contributed by atoms with van der Waals surface area (Å²) in [6.07, 6.45) is 1.99. The van der Waals surface area contributed by atoms with E-state index in [4.69, 9.17) is 0 Å². The smallest absolute Gasteiger partial charge is 0.223 e. The van der Waals surface area contributed by atoms with Crippen LogP contribution in [0, 0.1) is 12.8 Å². The van der Waals surface area contributed by atoms with Gasteiger partial charge in [0.1, 0.15) is 0 Å². The maximum absolute atomic E-state index is 11.9. The summed E-state index contributed by atoms with van der Waals surface area (Å²) in [5.41, 5.74) is 2.64. The summed E-state index contributed by atoms with van der Waals surface area (Å²) in [6.45, 7) is 3.85. The number of rotatable bonds is 6. The molecule has 0 spiro atoms. The summed E-state index contributed by atoms with van der Waals surface area (Å²) in [5, 5.41) is 6.10. The molecule has 0 radical (unpaired) electrons. The Morgan fingerprint density at radius 3 is 2.83 bits per heavy atom. The summed E-state index contributed by atoms with van der Waals surface area (Å²) in [4.78, 5) is 11.9. The highest BCUT2D eigenvalue weighted by Gasteiger charge is 2.44. The maximum Gasteiger partial charge on any atom is 0.223 e. The van der Waals surface area contributed by atoms with E-state index in [0.717, 1.165) is 25.9 Å². The van der Waals surface area contributed by atoms with Crippen molar-refractivity contribution in [1.29, 1.82) is 0 Å². The summed E-state index contributed by atoms with van der Waals surface area (Å²) in [7, 11) is 1.93. The second-order valence-corrected chi connectivity index (χ2v) is 5.05. The van der Waals surface area contributed by atoms with Crippen molar-refractivity contribution in [3.05, 3.63) is 35.4 Å². The number of aryl methyl sites for hydroxylation is 1. The second kappa shape index (κ2) is 6.01. The highest BCUT2D eigenvalue weighted by atomic mass is 16.2. The Labute approximate surface area is 109 Å². The number of nitrogens with one attached hydrogen (secondary N) is 2. The minimum Gasteiger partial charge on any atom is -0.356 e. The fourth-order valence-corrected chi connectivity index (χ4v) is 2.44. The molecular weight excluding hydrogens is 224 g/mol. The first kappa shape index (κ1) is 13.1. The molecule has 2 unspecified atom stereocenters. The standard InChI is InChI=1S/C15H22N2O/c1-11-6-3-4-7-12(11)13-10-14(13)15(18)17-9-5-8-16-2/h3-4,6-7,13-14,16H,5,8-10H2,1-2H3,(H,17,18). The molecule has 2 rings (SSSR count). The van der Waals surface area contributed by atoms with Crippen molar-refractivity contribution < 1.29 is 4.79 Å². The molecule has 1 aromatic rings. The van der Waals surface area contributed by atoms with Crippen molar-refractivity contribution in [3.63, 3.8) is 0 Å². The first-order chi connectivity index (χ1) is 8.74. The Kier molecular flexibility index (Phi) is 4.37. The third kappa shape index (κ3) is 3.10. The lowest BCUT2D eigenvalue weighted by Gasteiger charge is -2.06. The number of hydrogen-bond acceptors (Lipinski definition) is 2. The molecule has 1 aromatic carbocycles. The molecule has 0 bridgehead atoms. The Bertz CT molecular complexity index is 417.